The zero-order chi connectivity index (χ0) is 25.3. The average molecular weight is 529 g/mol. The van der Waals surface area contributed by atoms with Crippen LogP contribution in [0.1, 0.15) is 26.7 Å². The topological polar surface area (TPSA) is 114 Å². The van der Waals surface area contributed by atoms with Crippen molar-refractivity contribution in [3.05, 3.63) is 41.9 Å². The van der Waals surface area contributed by atoms with Crippen LogP contribution in [-0.2, 0) is 10.0 Å². The minimum absolute atomic E-state index is 0.00560. The summed E-state index contributed by atoms with van der Waals surface area (Å²) < 4.78 is 29.5. The molecule has 0 spiro atoms. The highest BCUT2D eigenvalue weighted by molar-refractivity contribution is 7.89. The van der Waals surface area contributed by atoms with Crippen LogP contribution in [0.25, 0.3) is 11.3 Å². The summed E-state index contributed by atoms with van der Waals surface area (Å²) >= 11 is 1.42. The number of hydrogen-bond acceptors (Lipinski definition) is 9. The molecule has 0 radical (unpaired) electrons. The Morgan fingerprint density at radius 3 is 2.58 bits per heavy atom. The van der Waals surface area contributed by atoms with Gasteiger partial charge < -0.3 is 15.0 Å². The first-order chi connectivity index (χ1) is 17.2. The van der Waals surface area contributed by atoms with Gasteiger partial charge in [-0.05, 0) is 62.9 Å². The van der Waals surface area contributed by atoms with Crippen LogP contribution in [-0.4, -0.2) is 62.1 Å². The maximum absolute atomic E-state index is 11.8. The van der Waals surface area contributed by atoms with Crippen LogP contribution >= 0.6 is 11.3 Å². The van der Waals surface area contributed by atoms with E-state index in [1.165, 1.54) is 42.9 Å². The molecular weight excluding hydrogens is 496 g/mol. The third-order valence-corrected chi connectivity index (χ3v) is 8.01. The Hall–Kier alpha value is -2.73. The molecule has 192 valence electrons. The lowest BCUT2D eigenvalue weighted by molar-refractivity contribution is 0.243. The summed E-state index contributed by atoms with van der Waals surface area (Å²) in [5.41, 5.74) is 2.21. The van der Waals surface area contributed by atoms with E-state index in [0.29, 0.717) is 16.6 Å². The van der Waals surface area contributed by atoms with Gasteiger partial charge in [-0.2, -0.15) is 0 Å². The number of anilines is 3. The zero-order valence-corrected chi connectivity index (χ0v) is 22.2. The molecule has 3 aromatic rings. The SMILES string of the molecule is CC(C)Oc1ccc(S(N)(=O)=O)cc1Nc1nc(-c2ccc(N3CCN(CC4CC4)CC3)nc2)cs1. The van der Waals surface area contributed by atoms with Gasteiger partial charge in [-0.25, -0.2) is 23.5 Å². The van der Waals surface area contributed by atoms with Crippen molar-refractivity contribution >= 4 is 38.0 Å². The number of rotatable bonds is 9. The van der Waals surface area contributed by atoms with Crippen LogP contribution in [0.5, 0.6) is 5.75 Å². The molecule has 11 heteroatoms. The number of nitrogens with one attached hydrogen (secondary N) is 1. The van der Waals surface area contributed by atoms with Crippen molar-refractivity contribution in [2.45, 2.75) is 37.7 Å². The smallest absolute Gasteiger partial charge is 0.238 e. The van der Waals surface area contributed by atoms with Gasteiger partial charge in [0.2, 0.25) is 10.0 Å². The van der Waals surface area contributed by atoms with E-state index in [4.69, 9.17) is 14.9 Å². The molecule has 1 aromatic carbocycles. The maximum Gasteiger partial charge on any atom is 0.238 e. The molecule has 0 unspecified atom stereocenters. The second-order valence-corrected chi connectivity index (χ2v) is 12.1. The predicted molar refractivity (Wildman–Crippen MR) is 144 cm³/mol. The summed E-state index contributed by atoms with van der Waals surface area (Å²) in [4.78, 5) is 14.3. The highest BCUT2D eigenvalue weighted by Gasteiger charge is 2.26. The van der Waals surface area contributed by atoms with Gasteiger partial charge in [-0.3, -0.25) is 4.90 Å². The molecule has 3 heterocycles. The molecule has 0 amide bonds. The number of pyridine rings is 1. The molecule has 36 heavy (non-hydrogen) atoms. The number of thiazole rings is 1. The van der Waals surface area contributed by atoms with E-state index < -0.39 is 10.0 Å². The van der Waals surface area contributed by atoms with Gasteiger partial charge in [0.05, 0.1) is 22.4 Å². The monoisotopic (exact) mass is 528 g/mol. The lowest BCUT2D eigenvalue weighted by atomic mass is 10.2. The number of benzene rings is 1. The molecule has 3 N–H and O–H groups in total. The largest absolute Gasteiger partial charge is 0.489 e. The number of piperazine rings is 1. The first kappa shape index (κ1) is 24.9. The molecule has 1 aliphatic carbocycles. The third kappa shape index (κ3) is 6.15. The van der Waals surface area contributed by atoms with Crippen LogP contribution in [0.2, 0.25) is 0 Å². The first-order valence-electron chi connectivity index (χ1n) is 12.2. The Morgan fingerprint density at radius 1 is 1.17 bits per heavy atom. The molecule has 5 rings (SSSR count). The Morgan fingerprint density at radius 2 is 1.94 bits per heavy atom. The van der Waals surface area contributed by atoms with Crippen LogP contribution in [0.3, 0.4) is 0 Å². The van der Waals surface area contributed by atoms with Gasteiger partial charge >= 0.3 is 0 Å². The van der Waals surface area contributed by atoms with Crippen LogP contribution in [0.15, 0.2) is 46.8 Å². The standard InChI is InChI=1S/C25H32N6O3S2/c1-17(2)34-23-7-6-20(36(26,32)33)13-21(23)28-25-29-22(16-35-25)19-5-8-24(27-14-19)31-11-9-30(10-12-31)15-18-3-4-18/h5-8,13-14,16-18H,3-4,9-12,15H2,1-2H3,(H,28,29)(H2,26,32,33). The Bertz CT molecular complexity index is 1300. The lowest BCUT2D eigenvalue weighted by Crippen LogP contribution is -2.47. The molecular formula is C25H32N6O3S2. The fraction of sp³-hybridized carbons (Fsp3) is 0.440. The van der Waals surface area contributed by atoms with Crippen molar-refractivity contribution in [1.82, 2.24) is 14.9 Å². The minimum Gasteiger partial charge on any atom is -0.489 e. The van der Waals surface area contributed by atoms with Crippen molar-refractivity contribution in [3.8, 4) is 17.0 Å². The minimum atomic E-state index is -3.85. The van der Waals surface area contributed by atoms with Crippen molar-refractivity contribution in [2.24, 2.45) is 11.1 Å². The van der Waals surface area contributed by atoms with Gasteiger partial charge in [-0.1, -0.05) is 0 Å². The molecule has 1 saturated heterocycles. The van der Waals surface area contributed by atoms with Crippen molar-refractivity contribution < 1.29 is 13.2 Å². The summed E-state index contributed by atoms with van der Waals surface area (Å²) in [7, 11) is -3.85. The molecule has 2 aromatic heterocycles. The van der Waals surface area contributed by atoms with E-state index in [1.807, 2.05) is 31.5 Å². The summed E-state index contributed by atoms with van der Waals surface area (Å²) in [6.45, 7) is 9.25. The van der Waals surface area contributed by atoms with Crippen LogP contribution in [0, 0.1) is 5.92 Å². The number of aromatic nitrogens is 2. The van der Waals surface area contributed by atoms with Gasteiger partial charge in [0.25, 0.3) is 0 Å². The van der Waals surface area contributed by atoms with E-state index in [9.17, 15) is 8.42 Å². The molecule has 1 aliphatic heterocycles. The van der Waals surface area contributed by atoms with Crippen molar-refractivity contribution in [1.29, 1.82) is 0 Å². The van der Waals surface area contributed by atoms with Crippen LogP contribution in [0.4, 0.5) is 16.6 Å². The van der Waals surface area contributed by atoms with E-state index in [1.54, 1.807) is 6.07 Å². The van der Waals surface area contributed by atoms with Crippen LogP contribution < -0.4 is 20.1 Å². The number of ether oxygens (including phenoxy) is 1. The summed E-state index contributed by atoms with van der Waals surface area (Å²) in [6, 6.07) is 8.61. The Labute approximate surface area is 216 Å². The van der Waals surface area contributed by atoms with E-state index in [-0.39, 0.29) is 11.0 Å². The van der Waals surface area contributed by atoms with Gasteiger partial charge in [0.15, 0.2) is 5.13 Å². The number of primary sulfonamides is 1. The number of nitrogens with two attached hydrogens (primary N) is 1. The molecule has 1 saturated carbocycles. The maximum atomic E-state index is 11.8. The number of sulfonamides is 1. The van der Waals surface area contributed by atoms with E-state index >= 15 is 0 Å². The third-order valence-electron chi connectivity index (χ3n) is 6.34. The zero-order valence-electron chi connectivity index (χ0n) is 20.6. The van der Waals surface area contributed by atoms with Crippen molar-refractivity contribution in [3.63, 3.8) is 0 Å². The average Bonchev–Trinajstić information content (AvgIpc) is 3.54. The van der Waals surface area contributed by atoms with E-state index in [0.717, 1.165) is 49.2 Å². The summed E-state index contributed by atoms with van der Waals surface area (Å²) in [6.07, 6.45) is 4.57. The molecule has 0 atom stereocenters. The van der Waals surface area contributed by atoms with Crippen molar-refractivity contribution in [2.75, 3.05) is 42.9 Å². The quantitative estimate of drug-likeness (QED) is 0.430. The number of hydrogen-bond donors (Lipinski definition) is 2. The normalized spacial score (nSPS) is 16.9. The highest BCUT2D eigenvalue weighted by atomic mass is 32.2. The molecule has 9 nitrogen and oxygen atoms in total. The Kier molecular flexibility index (Phi) is 7.16. The second-order valence-electron chi connectivity index (χ2n) is 9.67. The van der Waals surface area contributed by atoms with E-state index in [2.05, 4.69) is 26.2 Å². The summed E-state index contributed by atoms with van der Waals surface area (Å²) in [5, 5.41) is 11.1. The fourth-order valence-corrected chi connectivity index (χ4v) is 5.54. The lowest BCUT2D eigenvalue weighted by Gasteiger charge is -2.35. The molecule has 2 fully saturated rings. The molecule has 0 bridgehead atoms. The summed E-state index contributed by atoms with van der Waals surface area (Å²) in [5.74, 6) is 2.45. The second kappa shape index (κ2) is 10.3. The van der Waals surface area contributed by atoms with Gasteiger partial charge in [-0.15, -0.1) is 11.3 Å². The van der Waals surface area contributed by atoms with Gasteiger partial charge in [0, 0.05) is 49.9 Å². The number of nitrogens with zero attached hydrogens (tertiary/aromatic N) is 4. The predicted octanol–water partition coefficient (Wildman–Crippen LogP) is 3.92. The molecule has 2 aliphatic rings. The Balaban J connectivity index is 1.27. The van der Waals surface area contributed by atoms with Gasteiger partial charge in [0.1, 0.15) is 11.6 Å². The fourth-order valence-electron chi connectivity index (χ4n) is 4.27. The highest BCUT2D eigenvalue weighted by Crippen LogP contribution is 2.34. The first-order valence-corrected chi connectivity index (χ1v) is 14.7.